The molecule has 0 bridgehead atoms. The number of halogens is 1. The molecule has 3 nitrogen and oxygen atoms in total. The Bertz CT molecular complexity index is 807. The van der Waals surface area contributed by atoms with Gasteiger partial charge in [-0.25, -0.2) is 9.18 Å². The van der Waals surface area contributed by atoms with Gasteiger partial charge in [-0.3, -0.25) is 0 Å². The standard InChI is InChI=1S/C17H14FNO2/c1-2-21-17(20)14-11-19-9-4-3-8-15(19)16(14)12-6-5-7-13(18)10-12/h3-11H,2H2,1H3. The van der Waals surface area contributed by atoms with E-state index in [0.29, 0.717) is 23.3 Å². The van der Waals surface area contributed by atoms with Gasteiger partial charge in [0.15, 0.2) is 0 Å². The maximum atomic E-state index is 13.5. The first-order valence-corrected chi connectivity index (χ1v) is 6.73. The van der Waals surface area contributed by atoms with Gasteiger partial charge < -0.3 is 9.14 Å². The molecule has 0 spiro atoms. The third-order valence-corrected chi connectivity index (χ3v) is 3.29. The molecular weight excluding hydrogens is 269 g/mol. The maximum absolute atomic E-state index is 13.5. The average molecular weight is 283 g/mol. The van der Waals surface area contributed by atoms with Gasteiger partial charge in [0.2, 0.25) is 0 Å². The molecule has 0 unspecified atom stereocenters. The molecule has 0 aliphatic heterocycles. The van der Waals surface area contributed by atoms with E-state index in [9.17, 15) is 9.18 Å². The Balaban J connectivity index is 2.27. The molecule has 3 rings (SSSR count). The summed E-state index contributed by atoms with van der Waals surface area (Å²) in [6.07, 6.45) is 3.56. The number of nitrogens with zero attached hydrogens (tertiary/aromatic N) is 1. The highest BCUT2D eigenvalue weighted by atomic mass is 19.1. The lowest BCUT2D eigenvalue weighted by atomic mass is 10.0. The molecule has 0 saturated carbocycles. The van der Waals surface area contributed by atoms with Crippen LogP contribution in [-0.4, -0.2) is 17.0 Å². The summed E-state index contributed by atoms with van der Waals surface area (Å²) in [4.78, 5) is 12.2. The van der Waals surface area contributed by atoms with Crippen LogP contribution in [0.5, 0.6) is 0 Å². The van der Waals surface area contributed by atoms with Gasteiger partial charge in [-0.1, -0.05) is 18.2 Å². The van der Waals surface area contributed by atoms with Crippen molar-refractivity contribution >= 4 is 11.5 Å². The van der Waals surface area contributed by atoms with E-state index in [2.05, 4.69) is 0 Å². The van der Waals surface area contributed by atoms with Crippen LogP contribution in [0.1, 0.15) is 17.3 Å². The molecule has 3 aromatic rings. The lowest BCUT2D eigenvalue weighted by Gasteiger charge is -2.05. The van der Waals surface area contributed by atoms with Crippen LogP contribution in [0.15, 0.2) is 54.9 Å². The Kier molecular flexibility index (Phi) is 3.44. The Labute approximate surface area is 121 Å². The Hall–Kier alpha value is -2.62. The molecule has 0 amide bonds. The van der Waals surface area contributed by atoms with Crippen molar-refractivity contribution in [1.82, 2.24) is 4.40 Å². The van der Waals surface area contributed by atoms with Gasteiger partial charge in [0.1, 0.15) is 5.82 Å². The van der Waals surface area contributed by atoms with Crippen molar-refractivity contribution in [3.05, 3.63) is 66.2 Å². The van der Waals surface area contributed by atoms with Crippen LogP contribution in [0.25, 0.3) is 16.6 Å². The van der Waals surface area contributed by atoms with Crippen LogP contribution in [-0.2, 0) is 4.74 Å². The number of benzene rings is 1. The second kappa shape index (κ2) is 5.40. The van der Waals surface area contributed by atoms with E-state index in [0.717, 1.165) is 5.52 Å². The van der Waals surface area contributed by atoms with Crippen LogP contribution >= 0.6 is 0 Å². The van der Waals surface area contributed by atoms with Crippen LogP contribution < -0.4 is 0 Å². The lowest BCUT2D eigenvalue weighted by molar-refractivity contribution is 0.0527. The van der Waals surface area contributed by atoms with Crippen LogP contribution in [0, 0.1) is 5.82 Å². The number of hydrogen-bond donors (Lipinski definition) is 0. The highest BCUT2D eigenvalue weighted by Gasteiger charge is 2.19. The molecule has 0 aliphatic carbocycles. The number of hydrogen-bond acceptors (Lipinski definition) is 2. The monoisotopic (exact) mass is 283 g/mol. The second-order valence-corrected chi connectivity index (χ2v) is 4.64. The van der Waals surface area contributed by atoms with Gasteiger partial charge in [-0.15, -0.1) is 0 Å². The van der Waals surface area contributed by atoms with Crippen molar-refractivity contribution in [2.75, 3.05) is 6.61 Å². The molecular formula is C17H14FNO2. The lowest BCUT2D eigenvalue weighted by Crippen LogP contribution is -2.04. The van der Waals surface area contributed by atoms with Gasteiger partial charge in [0, 0.05) is 18.0 Å². The Morgan fingerprint density at radius 3 is 2.86 bits per heavy atom. The minimum Gasteiger partial charge on any atom is -0.462 e. The van der Waals surface area contributed by atoms with Gasteiger partial charge in [-0.2, -0.15) is 0 Å². The summed E-state index contributed by atoms with van der Waals surface area (Å²) >= 11 is 0. The van der Waals surface area contributed by atoms with E-state index < -0.39 is 5.97 Å². The summed E-state index contributed by atoms with van der Waals surface area (Å²) in [5.74, 6) is -0.738. The third-order valence-electron chi connectivity index (χ3n) is 3.29. The number of carbonyl (C=O) groups excluding carboxylic acids is 1. The van der Waals surface area contributed by atoms with Gasteiger partial charge in [0.05, 0.1) is 17.7 Å². The predicted octanol–water partition coefficient (Wildman–Crippen LogP) is 3.92. The quantitative estimate of drug-likeness (QED) is 0.682. The molecule has 0 saturated heterocycles. The van der Waals surface area contributed by atoms with Crippen molar-refractivity contribution in [1.29, 1.82) is 0 Å². The van der Waals surface area contributed by atoms with E-state index >= 15 is 0 Å². The molecule has 0 atom stereocenters. The molecule has 1 aromatic carbocycles. The van der Waals surface area contributed by atoms with Gasteiger partial charge in [-0.05, 0) is 36.8 Å². The summed E-state index contributed by atoms with van der Waals surface area (Å²) in [7, 11) is 0. The van der Waals surface area contributed by atoms with Crippen LogP contribution in [0.2, 0.25) is 0 Å². The predicted molar refractivity (Wildman–Crippen MR) is 78.7 cm³/mol. The topological polar surface area (TPSA) is 30.7 Å². The fourth-order valence-electron chi connectivity index (χ4n) is 2.43. The van der Waals surface area contributed by atoms with Gasteiger partial charge in [0.25, 0.3) is 0 Å². The smallest absolute Gasteiger partial charge is 0.340 e. The molecule has 0 fully saturated rings. The SMILES string of the molecule is CCOC(=O)c1cn2ccccc2c1-c1cccc(F)c1. The number of ether oxygens (including phenoxy) is 1. The van der Waals surface area contributed by atoms with E-state index in [1.54, 1.807) is 25.3 Å². The zero-order valence-corrected chi connectivity index (χ0v) is 11.5. The van der Waals surface area contributed by atoms with E-state index in [-0.39, 0.29) is 5.82 Å². The molecule has 0 radical (unpaired) electrons. The summed E-state index contributed by atoms with van der Waals surface area (Å²) in [5.41, 5.74) is 2.63. The molecule has 21 heavy (non-hydrogen) atoms. The number of esters is 1. The first-order valence-electron chi connectivity index (χ1n) is 6.73. The Morgan fingerprint density at radius 1 is 1.24 bits per heavy atom. The number of carbonyl (C=O) groups is 1. The number of pyridine rings is 1. The van der Waals surface area contributed by atoms with Gasteiger partial charge >= 0.3 is 5.97 Å². The zero-order chi connectivity index (χ0) is 14.8. The summed E-state index contributed by atoms with van der Waals surface area (Å²) in [6, 6.07) is 11.9. The van der Waals surface area contributed by atoms with Crippen molar-refractivity contribution in [3.8, 4) is 11.1 Å². The fourth-order valence-corrected chi connectivity index (χ4v) is 2.43. The number of fused-ring (bicyclic) bond motifs is 1. The molecule has 2 aromatic heterocycles. The number of rotatable bonds is 3. The Morgan fingerprint density at radius 2 is 2.10 bits per heavy atom. The average Bonchev–Trinajstić information content (AvgIpc) is 2.87. The highest BCUT2D eigenvalue weighted by Crippen LogP contribution is 2.31. The fraction of sp³-hybridized carbons (Fsp3) is 0.118. The van der Waals surface area contributed by atoms with Crippen LogP contribution in [0.4, 0.5) is 4.39 Å². The number of aromatic nitrogens is 1. The highest BCUT2D eigenvalue weighted by molar-refractivity contribution is 6.02. The van der Waals surface area contributed by atoms with Crippen LogP contribution in [0.3, 0.4) is 0 Å². The summed E-state index contributed by atoms with van der Waals surface area (Å²) < 4.78 is 20.5. The first kappa shape index (κ1) is 13.4. The summed E-state index contributed by atoms with van der Waals surface area (Å²) in [6.45, 7) is 2.06. The molecule has 0 N–H and O–H groups in total. The largest absolute Gasteiger partial charge is 0.462 e. The minimum atomic E-state index is -0.402. The maximum Gasteiger partial charge on any atom is 0.340 e. The summed E-state index contributed by atoms with van der Waals surface area (Å²) in [5, 5.41) is 0. The van der Waals surface area contributed by atoms with E-state index in [1.807, 2.05) is 28.8 Å². The molecule has 2 heterocycles. The van der Waals surface area contributed by atoms with Crippen molar-refractivity contribution in [2.45, 2.75) is 6.92 Å². The molecule has 4 heteroatoms. The first-order chi connectivity index (χ1) is 10.2. The third kappa shape index (κ3) is 2.40. The zero-order valence-electron chi connectivity index (χ0n) is 11.5. The van der Waals surface area contributed by atoms with Crippen molar-refractivity contribution in [3.63, 3.8) is 0 Å². The second-order valence-electron chi connectivity index (χ2n) is 4.64. The van der Waals surface area contributed by atoms with E-state index in [4.69, 9.17) is 4.74 Å². The minimum absolute atomic E-state index is 0.299. The molecule has 106 valence electrons. The normalized spacial score (nSPS) is 10.8. The molecule has 0 aliphatic rings. The van der Waals surface area contributed by atoms with E-state index in [1.165, 1.54) is 12.1 Å². The van der Waals surface area contributed by atoms with Crippen molar-refractivity contribution < 1.29 is 13.9 Å². The van der Waals surface area contributed by atoms with Crippen molar-refractivity contribution in [2.24, 2.45) is 0 Å².